The van der Waals surface area contributed by atoms with Crippen molar-refractivity contribution in [3.05, 3.63) is 48.5 Å². The van der Waals surface area contributed by atoms with Gasteiger partial charge in [-0.25, -0.2) is 4.98 Å². The zero-order chi connectivity index (χ0) is 11.2. The van der Waals surface area contributed by atoms with Gasteiger partial charge in [-0.3, -0.25) is 0 Å². The highest BCUT2D eigenvalue weighted by Crippen LogP contribution is 2.04. The van der Waals surface area contributed by atoms with Crippen LogP contribution in [0, 0.1) is 0 Å². The van der Waals surface area contributed by atoms with Crippen LogP contribution in [0.1, 0.15) is 5.82 Å². The van der Waals surface area contributed by atoms with Crippen molar-refractivity contribution in [3.63, 3.8) is 0 Å². The van der Waals surface area contributed by atoms with Crippen LogP contribution in [0.3, 0.4) is 0 Å². The van der Waals surface area contributed by atoms with Gasteiger partial charge in [0.15, 0.2) is 5.11 Å². The van der Waals surface area contributed by atoms with Gasteiger partial charge in [-0.05, 0) is 24.4 Å². The Hall–Kier alpha value is -1.88. The Morgan fingerprint density at radius 1 is 1.31 bits per heavy atom. The molecule has 0 amide bonds. The predicted molar refractivity (Wildman–Crippen MR) is 68.1 cm³/mol. The molecule has 4 nitrogen and oxygen atoms in total. The average molecular weight is 232 g/mol. The molecule has 0 aliphatic heterocycles. The summed E-state index contributed by atoms with van der Waals surface area (Å²) in [5.41, 5.74) is 0.972. The number of aromatic nitrogens is 2. The maximum Gasteiger partial charge on any atom is 0.171 e. The summed E-state index contributed by atoms with van der Waals surface area (Å²) in [5.74, 6) is 0.859. The Morgan fingerprint density at radius 2 is 2.12 bits per heavy atom. The first-order valence-electron chi connectivity index (χ1n) is 4.93. The third-order valence-corrected chi connectivity index (χ3v) is 2.25. The summed E-state index contributed by atoms with van der Waals surface area (Å²) in [6, 6.07) is 9.79. The van der Waals surface area contributed by atoms with E-state index in [2.05, 4.69) is 20.6 Å². The molecular weight excluding hydrogens is 220 g/mol. The van der Waals surface area contributed by atoms with Crippen molar-refractivity contribution in [3.8, 4) is 0 Å². The number of hydrogen-bond acceptors (Lipinski definition) is 2. The molecule has 0 spiro atoms. The summed E-state index contributed by atoms with van der Waals surface area (Å²) in [7, 11) is 0. The van der Waals surface area contributed by atoms with Gasteiger partial charge < -0.3 is 15.6 Å². The zero-order valence-electron chi connectivity index (χ0n) is 8.60. The van der Waals surface area contributed by atoms with Crippen molar-refractivity contribution < 1.29 is 0 Å². The molecule has 16 heavy (non-hydrogen) atoms. The second-order valence-corrected chi connectivity index (χ2v) is 3.62. The van der Waals surface area contributed by atoms with E-state index in [4.69, 9.17) is 12.2 Å². The second kappa shape index (κ2) is 5.27. The molecular formula is C11H12N4S. The summed E-state index contributed by atoms with van der Waals surface area (Å²) in [4.78, 5) is 7.09. The fraction of sp³-hybridized carbons (Fsp3) is 0.0909. The fourth-order valence-electron chi connectivity index (χ4n) is 1.26. The third-order valence-electron chi connectivity index (χ3n) is 2.00. The third kappa shape index (κ3) is 3.06. The van der Waals surface area contributed by atoms with Gasteiger partial charge in [-0.1, -0.05) is 18.2 Å². The van der Waals surface area contributed by atoms with Crippen LogP contribution in [0.2, 0.25) is 0 Å². The number of imidazole rings is 1. The lowest BCUT2D eigenvalue weighted by Crippen LogP contribution is -2.28. The highest BCUT2D eigenvalue weighted by Gasteiger charge is 1.98. The molecule has 0 aliphatic rings. The van der Waals surface area contributed by atoms with Crippen molar-refractivity contribution in [2.45, 2.75) is 6.54 Å². The normalized spacial score (nSPS) is 9.75. The smallest absolute Gasteiger partial charge is 0.171 e. The largest absolute Gasteiger partial charge is 0.355 e. The lowest BCUT2D eigenvalue weighted by atomic mass is 10.3. The number of hydrogen-bond donors (Lipinski definition) is 3. The first-order valence-corrected chi connectivity index (χ1v) is 5.33. The summed E-state index contributed by atoms with van der Waals surface area (Å²) in [5, 5.41) is 6.73. The van der Waals surface area contributed by atoms with Crippen LogP contribution in [-0.4, -0.2) is 15.1 Å². The Labute approximate surface area is 99.1 Å². The van der Waals surface area contributed by atoms with Crippen molar-refractivity contribution in [1.29, 1.82) is 0 Å². The van der Waals surface area contributed by atoms with E-state index >= 15 is 0 Å². The molecule has 0 atom stereocenters. The van der Waals surface area contributed by atoms with E-state index in [1.165, 1.54) is 0 Å². The van der Waals surface area contributed by atoms with E-state index in [1.54, 1.807) is 12.4 Å². The standard InChI is InChI=1S/C11H12N4S/c16-11(14-8-10-12-6-7-13-10)15-9-4-2-1-3-5-9/h1-7H,8H2,(H,12,13)(H2,14,15,16). The van der Waals surface area contributed by atoms with Gasteiger partial charge in [0.1, 0.15) is 5.82 Å². The van der Waals surface area contributed by atoms with Gasteiger partial charge in [0, 0.05) is 18.1 Å². The quantitative estimate of drug-likeness (QED) is 0.707. The Kier molecular flexibility index (Phi) is 3.50. The summed E-state index contributed by atoms with van der Waals surface area (Å²) >= 11 is 5.15. The van der Waals surface area contributed by atoms with Crippen molar-refractivity contribution in [1.82, 2.24) is 15.3 Å². The van der Waals surface area contributed by atoms with E-state index in [1.807, 2.05) is 30.3 Å². The maximum atomic E-state index is 5.15. The van der Waals surface area contributed by atoms with E-state index < -0.39 is 0 Å². The van der Waals surface area contributed by atoms with Crippen molar-refractivity contribution in [2.75, 3.05) is 5.32 Å². The monoisotopic (exact) mass is 232 g/mol. The van der Waals surface area contributed by atoms with Gasteiger partial charge in [-0.15, -0.1) is 0 Å². The van der Waals surface area contributed by atoms with Gasteiger partial charge >= 0.3 is 0 Å². The van der Waals surface area contributed by atoms with Crippen LogP contribution in [0.25, 0.3) is 0 Å². The van der Waals surface area contributed by atoms with Crippen molar-refractivity contribution in [2.24, 2.45) is 0 Å². The van der Waals surface area contributed by atoms with Crippen LogP contribution in [-0.2, 0) is 6.54 Å². The minimum atomic E-state index is 0.586. The highest BCUT2D eigenvalue weighted by atomic mass is 32.1. The molecule has 2 rings (SSSR count). The lowest BCUT2D eigenvalue weighted by Gasteiger charge is -2.08. The summed E-state index contributed by atoms with van der Waals surface area (Å²) < 4.78 is 0. The fourth-order valence-corrected chi connectivity index (χ4v) is 1.45. The molecule has 0 radical (unpaired) electrons. The number of thiocarbonyl (C=S) groups is 1. The molecule has 0 aliphatic carbocycles. The number of benzene rings is 1. The van der Waals surface area contributed by atoms with Gasteiger partial charge in [0.2, 0.25) is 0 Å². The molecule has 3 N–H and O–H groups in total. The number of para-hydroxylation sites is 1. The van der Waals surface area contributed by atoms with E-state index in [0.29, 0.717) is 11.7 Å². The average Bonchev–Trinajstić information content (AvgIpc) is 2.81. The number of nitrogens with zero attached hydrogens (tertiary/aromatic N) is 1. The zero-order valence-corrected chi connectivity index (χ0v) is 9.42. The van der Waals surface area contributed by atoms with Gasteiger partial charge in [0.05, 0.1) is 6.54 Å². The molecule has 5 heteroatoms. The molecule has 0 saturated carbocycles. The van der Waals surface area contributed by atoms with Crippen molar-refractivity contribution >= 4 is 23.0 Å². The molecule has 1 aromatic carbocycles. The first kappa shape index (κ1) is 10.6. The number of aromatic amines is 1. The van der Waals surface area contributed by atoms with E-state index in [-0.39, 0.29) is 0 Å². The van der Waals surface area contributed by atoms with Crippen LogP contribution < -0.4 is 10.6 Å². The second-order valence-electron chi connectivity index (χ2n) is 3.21. The molecule has 2 aromatic rings. The maximum absolute atomic E-state index is 5.15. The number of nitrogens with one attached hydrogen (secondary N) is 3. The SMILES string of the molecule is S=C(NCc1ncc[nH]1)Nc1ccccc1. The number of H-pyrrole nitrogens is 1. The van der Waals surface area contributed by atoms with Crippen LogP contribution in [0.4, 0.5) is 5.69 Å². The summed E-state index contributed by atoms with van der Waals surface area (Å²) in [6.45, 7) is 0.589. The van der Waals surface area contributed by atoms with E-state index in [9.17, 15) is 0 Å². The van der Waals surface area contributed by atoms with Crippen LogP contribution in [0.5, 0.6) is 0 Å². The Bertz CT molecular complexity index is 438. The van der Waals surface area contributed by atoms with Crippen LogP contribution >= 0.6 is 12.2 Å². The lowest BCUT2D eigenvalue weighted by molar-refractivity contribution is 0.854. The minimum Gasteiger partial charge on any atom is -0.355 e. The molecule has 82 valence electrons. The molecule has 0 fully saturated rings. The first-order chi connectivity index (χ1) is 7.84. The number of rotatable bonds is 3. The summed E-state index contributed by atoms with van der Waals surface area (Å²) in [6.07, 6.45) is 3.50. The van der Waals surface area contributed by atoms with Gasteiger partial charge in [0.25, 0.3) is 0 Å². The minimum absolute atomic E-state index is 0.586. The molecule has 0 unspecified atom stereocenters. The topological polar surface area (TPSA) is 52.7 Å². The Morgan fingerprint density at radius 3 is 2.81 bits per heavy atom. The predicted octanol–water partition coefficient (Wildman–Crippen LogP) is 1.90. The number of anilines is 1. The van der Waals surface area contributed by atoms with Gasteiger partial charge in [-0.2, -0.15) is 0 Å². The Balaban J connectivity index is 1.81. The van der Waals surface area contributed by atoms with Crippen LogP contribution in [0.15, 0.2) is 42.7 Å². The highest BCUT2D eigenvalue weighted by molar-refractivity contribution is 7.80. The molecule has 1 aromatic heterocycles. The molecule has 0 saturated heterocycles. The van der Waals surface area contributed by atoms with E-state index in [0.717, 1.165) is 11.5 Å². The molecule has 1 heterocycles. The molecule has 0 bridgehead atoms.